The molecule has 0 amide bonds. The van der Waals surface area contributed by atoms with E-state index in [1.165, 1.54) is 23.4 Å². The summed E-state index contributed by atoms with van der Waals surface area (Å²) in [7, 11) is 0. The van der Waals surface area contributed by atoms with Crippen LogP contribution in [0.2, 0.25) is 0 Å². The summed E-state index contributed by atoms with van der Waals surface area (Å²) in [5.41, 5.74) is 0.797. The van der Waals surface area contributed by atoms with Crippen molar-refractivity contribution in [2.45, 2.75) is 83.0 Å². The lowest BCUT2D eigenvalue weighted by Crippen LogP contribution is -2.52. The summed E-state index contributed by atoms with van der Waals surface area (Å²) in [5.74, 6) is 1.66. The van der Waals surface area contributed by atoms with Gasteiger partial charge < -0.3 is 14.9 Å². The molecule has 0 aliphatic carbocycles. The van der Waals surface area contributed by atoms with Crippen molar-refractivity contribution in [3.05, 3.63) is 24.3 Å². The van der Waals surface area contributed by atoms with Crippen molar-refractivity contribution < 1.29 is 5.11 Å². The third-order valence-electron chi connectivity index (χ3n) is 6.34. The molecule has 1 N–H and O–H groups in total. The summed E-state index contributed by atoms with van der Waals surface area (Å²) in [6, 6.07) is 8.89. The minimum atomic E-state index is -0.508. The van der Waals surface area contributed by atoms with Crippen LogP contribution in [-0.2, 0) is 0 Å². The van der Waals surface area contributed by atoms with Gasteiger partial charge >= 0.3 is 0 Å². The lowest BCUT2D eigenvalue weighted by Gasteiger charge is -2.43. The highest BCUT2D eigenvalue weighted by Gasteiger charge is 2.35. The minimum Gasteiger partial charge on any atom is -0.388 e. The highest BCUT2D eigenvalue weighted by molar-refractivity contribution is 7.99. The Morgan fingerprint density at radius 2 is 1.66 bits per heavy atom. The van der Waals surface area contributed by atoms with E-state index in [-0.39, 0.29) is 0 Å². The summed E-state index contributed by atoms with van der Waals surface area (Å²) in [4.78, 5) is 6.30. The van der Waals surface area contributed by atoms with E-state index in [4.69, 9.17) is 0 Å². The van der Waals surface area contributed by atoms with Gasteiger partial charge in [-0.1, -0.05) is 47.6 Å². The Labute approximate surface area is 184 Å². The zero-order valence-electron chi connectivity index (χ0n) is 19.7. The number of piperidine rings is 2. The van der Waals surface area contributed by atoms with E-state index >= 15 is 0 Å². The molecule has 0 spiro atoms. The molecule has 2 heterocycles. The highest BCUT2D eigenvalue weighted by atomic mass is 32.2. The standard InChI is InChI=1S/C23H38N2OS.C2H6/c1-18(2)20-8-12-24(13-9-20)17-23(26)10-14-25(15-11-23)21-6-5-7-22(16-21)27-19(3)4;1-2/h5-7,16,18-20,26H,8-15,17H2,1-4H3;1-2H3. The van der Waals surface area contributed by atoms with Crippen LogP contribution in [0.4, 0.5) is 5.69 Å². The van der Waals surface area contributed by atoms with Crippen molar-refractivity contribution in [3.63, 3.8) is 0 Å². The minimum absolute atomic E-state index is 0.508. The van der Waals surface area contributed by atoms with Crippen LogP contribution in [0.1, 0.15) is 67.2 Å². The van der Waals surface area contributed by atoms with E-state index in [1.807, 2.05) is 25.6 Å². The van der Waals surface area contributed by atoms with Gasteiger partial charge in [0.2, 0.25) is 0 Å². The molecular weight excluding hydrogens is 376 g/mol. The average molecular weight is 421 g/mol. The van der Waals surface area contributed by atoms with Gasteiger partial charge in [0.15, 0.2) is 0 Å². The summed E-state index contributed by atoms with van der Waals surface area (Å²) in [6.45, 7) is 18.2. The Kier molecular flexibility index (Phi) is 9.84. The number of hydrogen-bond donors (Lipinski definition) is 1. The van der Waals surface area contributed by atoms with Gasteiger partial charge in [0, 0.05) is 35.5 Å². The van der Waals surface area contributed by atoms with E-state index in [2.05, 4.69) is 61.8 Å². The normalized spacial score (nSPS) is 20.7. The Morgan fingerprint density at radius 3 is 2.21 bits per heavy atom. The molecule has 1 aromatic rings. The van der Waals surface area contributed by atoms with Crippen LogP contribution >= 0.6 is 11.8 Å². The predicted molar refractivity (Wildman–Crippen MR) is 129 cm³/mol. The molecule has 2 saturated heterocycles. The molecule has 0 unspecified atom stereocenters. The first kappa shape index (κ1) is 24.6. The zero-order valence-corrected chi connectivity index (χ0v) is 20.5. The number of hydrogen-bond acceptors (Lipinski definition) is 4. The van der Waals surface area contributed by atoms with E-state index in [1.54, 1.807) is 0 Å². The first-order valence-corrected chi connectivity index (χ1v) is 12.7. The van der Waals surface area contributed by atoms with Gasteiger partial charge in [-0.3, -0.25) is 0 Å². The first-order chi connectivity index (χ1) is 13.8. The van der Waals surface area contributed by atoms with Gasteiger partial charge in [0.1, 0.15) is 0 Å². The molecule has 3 nitrogen and oxygen atoms in total. The fourth-order valence-electron chi connectivity index (χ4n) is 4.56. The van der Waals surface area contributed by atoms with Crippen LogP contribution in [-0.4, -0.2) is 53.6 Å². The number of anilines is 1. The van der Waals surface area contributed by atoms with E-state index in [9.17, 15) is 5.11 Å². The largest absolute Gasteiger partial charge is 0.388 e. The van der Waals surface area contributed by atoms with Crippen molar-refractivity contribution in [3.8, 4) is 0 Å². The maximum Gasteiger partial charge on any atom is 0.0807 e. The van der Waals surface area contributed by atoms with E-state index in [0.717, 1.165) is 57.4 Å². The smallest absolute Gasteiger partial charge is 0.0807 e. The fourth-order valence-corrected chi connectivity index (χ4v) is 5.45. The van der Waals surface area contributed by atoms with Crippen molar-refractivity contribution in [1.29, 1.82) is 0 Å². The predicted octanol–water partition coefficient (Wildman–Crippen LogP) is 5.91. The maximum atomic E-state index is 11.2. The van der Waals surface area contributed by atoms with Crippen LogP contribution in [0, 0.1) is 11.8 Å². The second kappa shape index (κ2) is 11.6. The van der Waals surface area contributed by atoms with E-state index < -0.39 is 5.60 Å². The molecule has 29 heavy (non-hydrogen) atoms. The molecule has 4 heteroatoms. The second-order valence-electron chi connectivity index (χ2n) is 9.23. The Balaban J connectivity index is 0.00000145. The molecule has 1 aromatic carbocycles. The molecule has 2 aliphatic rings. The summed E-state index contributed by atoms with van der Waals surface area (Å²) >= 11 is 1.92. The number of aliphatic hydroxyl groups is 1. The van der Waals surface area contributed by atoms with Crippen LogP contribution in [0.5, 0.6) is 0 Å². The van der Waals surface area contributed by atoms with Crippen molar-refractivity contribution in [2.75, 3.05) is 37.6 Å². The third kappa shape index (κ3) is 7.48. The zero-order chi connectivity index (χ0) is 21.4. The molecule has 2 aliphatic heterocycles. The second-order valence-corrected chi connectivity index (χ2v) is 10.9. The SMILES string of the molecule is CC.CC(C)Sc1cccc(N2CCC(O)(CN3CCC(C(C)C)CC3)CC2)c1. The number of thioether (sulfide) groups is 1. The van der Waals surface area contributed by atoms with Crippen molar-refractivity contribution in [2.24, 2.45) is 11.8 Å². The molecule has 0 saturated carbocycles. The number of benzene rings is 1. The van der Waals surface area contributed by atoms with Gasteiger partial charge in [-0.15, -0.1) is 11.8 Å². The van der Waals surface area contributed by atoms with Gasteiger partial charge in [0.05, 0.1) is 5.60 Å². The lowest BCUT2D eigenvalue weighted by atomic mass is 9.85. The van der Waals surface area contributed by atoms with E-state index in [0.29, 0.717) is 5.25 Å². The topological polar surface area (TPSA) is 26.7 Å². The van der Waals surface area contributed by atoms with Gasteiger partial charge in [-0.2, -0.15) is 0 Å². The number of β-amino-alcohol motifs (C(OH)–C–C–N with tert-alkyl or cyclic N) is 1. The molecule has 2 fully saturated rings. The van der Waals surface area contributed by atoms with Crippen molar-refractivity contribution >= 4 is 17.4 Å². The van der Waals surface area contributed by atoms with Gasteiger partial charge in [0.25, 0.3) is 0 Å². The third-order valence-corrected chi connectivity index (χ3v) is 7.34. The Morgan fingerprint density at radius 1 is 1.03 bits per heavy atom. The Hall–Kier alpha value is -0.710. The number of likely N-dealkylation sites (tertiary alicyclic amines) is 1. The summed E-state index contributed by atoms with van der Waals surface area (Å²) in [5, 5.41) is 11.8. The molecule has 3 rings (SSSR count). The molecule has 0 radical (unpaired) electrons. The number of rotatable bonds is 6. The van der Waals surface area contributed by atoms with Crippen LogP contribution < -0.4 is 4.90 Å². The van der Waals surface area contributed by atoms with Crippen LogP contribution in [0.25, 0.3) is 0 Å². The first-order valence-electron chi connectivity index (χ1n) is 11.8. The monoisotopic (exact) mass is 420 g/mol. The molecule has 0 atom stereocenters. The molecule has 166 valence electrons. The maximum absolute atomic E-state index is 11.2. The van der Waals surface area contributed by atoms with Crippen molar-refractivity contribution in [1.82, 2.24) is 4.90 Å². The summed E-state index contributed by atoms with van der Waals surface area (Å²) < 4.78 is 0. The van der Waals surface area contributed by atoms with Crippen LogP contribution in [0.15, 0.2) is 29.2 Å². The van der Waals surface area contributed by atoms with Gasteiger partial charge in [-0.05, 0) is 68.8 Å². The fraction of sp³-hybridized carbons (Fsp3) is 0.760. The molecular formula is C25H44N2OS. The molecule has 0 bridgehead atoms. The molecule has 0 aromatic heterocycles. The quantitative estimate of drug-likeness (QED) is 0.579. The van der Waals surface area contributed by atoms with Crippen LogP contribution in [0.3, 0.4) is 0 Å². The lowest BCUT2D eigenvalue weighted by molar-refractivity contribution is -0.0249. The number of nitrogens with zero attached hydrogens (tertiary/aromatic N) is 2. The summed E-state index contributed by atoms with van der Waals surface area (Å²) in [6.07, 6.45) is 4.33. The van der Waals surface area contributed by atoms with Gasteiger partial charge in [-0.25, -0.2) is 0 Å². The average Bonchev–Trinajstić information content (AvgIpc) is 2.70. The highest BCUT2D eigenvalue weighted by Crippen LogP contribution is 2.32. The Bertz CT molecular complexity index is 588.